The Morgan fingerprint density at radius 2 is 1.67 bits per heavy atom. The summed E-state index contributed by atoms with van der Waals surface area (Å²) in [6.45, 7) is 2.55. The van der Waals surface area contributed by atoms with Crippen LogP contribution >= 0.6 is 0 Å². The van der Waals surface area contributed by atoms with Gasteiger partial charge in [-0.05, 0) is 60.5 Å². The van der Waals surface area contributed by atoms with Crippen molar-refractivity contribution >= 4 is 18.0 Å². The molecule has 3 aromatic carbocycles. The summed E-state index contributed by atoms with van der Waals surface area (Å²) in [4.78, 5) is 24.2. The fourth-order valence-corrected chi connectivity index (χ4v) is 2.80. The molecule has 0 aromatic heterocycles. The molecule has 0 aliphatic heterocycles. The number of hydrazone groups is 1. The third-order valence-corrected chi connectivity index (χ3v) is 4.53. The van der Waals surface area contributed by atoms with Crippen LogP contribution in [-0.2, 0) is 4.79 Å². The smallest absolute Gasteiger partial charge is 0.259 e. The second-order valence-corrected chi connectivity index (χ2v) is 7.19. The molecule has 0 saturated heterocycles. The number of carbonyl (C=O) groups excluding carboxylic acids is 2. The van der Waals surface area contributed by atoms with Gasteiger partial charge in [0.05, 0.1) is 19.4 Å². The van der Waals surface area contributed by atoms with E-state index in [1.807, 2.05) is 48.5 Å². The number of carbonyl (C=O) groups is 2. The van der Waals surface area contributed by atoms with Crippen molar-refractivity contribution in [2.75, 3.05) is 13.2 Å². The van der Waals surface area contributed by atoms with Gasteiger partial charge in [0.1, 0.15) is 17.2 Å². The number of hydrogen-bond donors (Lipinski definition) is 2. The number of ether oxygens (including phenoxy) is 2. The quantitative estimate of drug-likeness (QED) is 0.258. The second kappa shape index (κ2) is 12.7. The molecule has 0 saturated carbocycles. The zero-order chi connectivity index (χ0) is 23.3. The van der Waals surface area contributed by atoms with E-state index in [-0.39, 0.29) is 12.5 Å². The molecule has 0 bridgehead atoms. The van der Waals surface area contributed by atoms with E-state index < -0.39 is 5.91 Å². The summed E-state index contributed by atoms with van der Waals surface area (Å²) in [6, 6.07) is 23.6. The lowest BCUT2D eigenvalue weighted by Gasteiger charge is -2.07. The summed E-state index contributed by atoms with van der Waals surface area (Å²) in [5.74, 6) is 1.32. The number of nitrogens with zero attached hydrogens (tertiary/aromatic N) is 1. The molecule has 3 aromatic rings. The molecule has 0 aliphatic carbocycles. The van der Waals surface area contributed by atoms with Crippen LogP contribution in [-0.4, -0.2) is 31.2 Å². The SMILES string of the molecule is CCCCOc1ccc(C(=O)NCC(=O)NN=Cc2cccc(Oc3ccccc3)c2)cc1. The van der Waals surface area contributed by atoms with Crippen LogP contribution in [0.3, 0.4) is 0 Å². The van der Waals surface area contributed by atoms with Gasteiger partial charge >= 0.3 is 0 Å². The number of rotatable bonds is 11. The average molecular weight is 446 g/mol. The molecule has 7 nitrogen and oxygen atoms in total. The Morgan fingerprint density at radius 3 is 2.42 bits per heavy atom. The molecule has 170 valence electrons. The summed E-state index contributed by atoms with van der Waals surface area (Å²) < 4.78 is 11.4. The molecule has 7 heteroatoms. The van der Waals surface area contributed by atoms with Crippen LogP contribution in [0, 0.1) is 0 Å². The highest BCUT2D eigenvalue weighted by molar-refractivity contribution is 5.96. The lowest BCUT2D eigenvalue weighted by Crippen LogP contribution is -2.34. The van der Waals surface area contributed by atoms with Crippen LogP contribution in [0.25, 0.3) is 0 Å². The largest absolute Gasteiger partial charge is 0.494 e. The van der Waals surface area contributed by atoms with Gasteiger partial charge in [-0.25, -0.2) is 5.43 Å². The standard InChI is InChI=1S/C26H27N3O4/c1-2-3-16-32-22-14-12-21(13-15-22)26(31)27-19-25(30)29-28-18-20-8-7-11-24(17-20)33-23-9-5-4-6-10-23/h4-15,17-18H,2-3,16,19H2,1H3,(H,27,31)(H,29,30). The van der Waals surface area contributed by atoms with E-state index in [2.05, 4.69) is 22.8 Å². The zero-order valence-electron chi connectivity index (χ0n) is 18.5. The fourth-order valence-electron chi connectivity index (χ4n) is 2.80. The van der Waals surface area contributed by atoms with Gasteiger partial charge in [0.2, 0.25) is 0 Å². The molecule has 0 atom stereocenters. The van der Waals surface area contributed by atoms with E-state index in [0.717, 1.165) is 24.2 Å². The maximum Gasteiger partial charge on any atom is 0.259 e. The van der Waals surface area contributed by atoms with Crippen molar-refractivity contribution in [3.8, 4) is 17.2 Å². The molecule has 0 radical (unpaired) electrons. The summed E-state index contributed by atoms with van der Waals surface area (Å²) in [7, 11) is 0. The Kier molecular flexibility index (Phi) is 9.03. The van der Waals surface area contributed by atoms with E-state index in [9.17, 15) is 9.59 Å². The van der Waals surface area contributed by atoms with Gasteiger partial charge in [-0.3, -0.25) is 9.59 Å². The van der Waals surface area contributed by atoms with Gasteiger partial charge in [-0.15, -0.1) is 0 Å². The Bertz CT molecular complexity index is 1070. The topological polar surface area (TPSA) is 89.0 Å². The molecule has 2 amide bonds. The molecule has 0 heterocycles. The minimum Gasteiger partial charge on any atom is -0.494 e. The fraction of sp³-hybridized carbons (Fsp3) is 0.192. The van der Waals surface area contributed by atoms with Gasteiger partial charge in [0.15, 0.2) is 0 Å². The van der Waals surface area contributed by atoms with Gasteiger partial charge in [0.25, 0.3) is 11.8 Å². The zero-order valence-corrected chi connectivity index (χ0v) is 18.5. The number of amides is 2. The maximum absolute atomic E-state index is 12.2. The van der Waals surface area contributed by atoms with Crippen molar-refractivity contribution in [2.45, 2.75) is 19.8 Å². The lowest BCUT2D eigenvalue weighted by molar-refractivity contribution is -0.120. The molecule has 0 fully saturated rings. The normalized spacial score (nSPS) is 10.6. The monoisotopic (exact) mass is 445 g/mol. The predicted octanol–water partition coefficient (Wildman–Crippen LogP) is 4.54. The van der Waals surface area contributed by atoms with Crippen LogP contribution in [0.2, 0.25) is 0 Å². The molecule has 2 N–H and O–H groups in total. The van der Waals surface area contributed by atoms with Crippen molar-refractivity contribution in [1.29, 1.82) is 0 Å². The lowest BCUT2D eigenvalue weighted by atomic mass is 10.2. The first-order valence-corrected chi connectivity index (χ1v) is 10.8. The Morgan fingerprint density at radius 1 is 0.909 bits per heavy atom. The van der Waals surface area contributed by atoms with Crippen molar-refractivity contribution in [1.82, 2.24) is 10.7 Å². The Balaban J connectivity index is 1.42. The van der Waals surface area contributed by atoms with Crippen LogP contribution < -0.4 is 20.2 Å². The molecule has 0 spiro atoms. The molecule has 0 unspecified atom stereocenters. The molecular weight excluding hydrogens is 418 g/mol. The van der Waals surface area contributed by atoms with Crippen LogP contribution in [0.4, 0.5) is 0 Å². The highest BCUT2D eigenvalue weighted by atomic mass is 16.5. The minimum absolute atomic E-state index is 0.192. The van der Waals surface area contributed by atoms with Crippen LogP contribution in [0.1, 0.15) is 35.7 Å². The second-order valence-electron chi connectivity index (χ2n) is 7.19. The predicted molar refractivity (Wildman–Crippen MR) is 128 cm³/mol. The number of para-hydroxylation sites is 1. The first-order chi connectivity index (χ1) is 16.1. The third-order valence-electron chi connectivity index (χ3n) is 4.53. The highest BCUT2D eigenvalue weighted by Crippen LogP contribution is 2.21. The molecule has 33 heavy (non-hydrogen) atoms. The number of hydrogen-bond acceptors (Lipinski definition) is 5. The van der Waals surface area contributed by atoms with E-state index in [1.54, 1.807) is 30.3 Å². The van der Waals surface area contributed by atoms with E-state index in [0.29, 0.717) is 23.7 Å². The molecule has 3 rings (SSSR count). The van der Waals surface area contributed by atoms with Crippen molar-refractivity contribution in [3.63, 3.8) is 0 Å². The van der Waals surface area contributed by atoms with Crippen molar-refractivity contribution < 1.29 is 19.1 Å². The van der Waals surface area contributed by atoms with Gasteiger partial charge in [0, 0.05) is 5.56 Å². The summed E-state index contributed by atoms with van der Waals surface area (Å²) in [6.07, 6.45) is 3.54. The van der Waals surface area contributed by atoms with Crippen LogP contribution in [0.15, 0.2) is 84.0 Å². The summed E-state index contributed by atoms with van der Waals surface area (Å²) in [5, 5.41) is 6.51. The Labute approximate surface area is 193 Å². The van der Waals surface area contributed by atoms with Gasteiger partial charge in [-0.1, -0.05) is 43.7 Å². The van der Waals surface area contributed by atoms with E-state index in [1.165, 1.54) is 6.21 Å². The minimum atomic E-state index is -0.434. The summed E-state index contributed by atoms with van der Waals surface area (Å²) in [5.41, 5.74) is 3.61. The third kappa shape index (κ3) is 8.14. The number of benzene rings is 3. The van der Waals surface area contributed by atoms with E-state index >= 15 is 0 Å². The Hall–Kier alpha value is -4.13. The number of unbranched alkanes of at least 4 members (excludes halogenated alkanes) is 1. The highest BCUT2D eigenvalue weighted by Gasteiger charge is 2.08. The average Bonchev–Trinajstić information content (AvgIpc) is 2.84. The summed E-state index contributed by atoms with van der Waals surface area (Å²) >= 11 is 0. The molecular formula is C26H27N3O4. The van der Waals surface area contributed by atoms with Crippen molar-refractivity contribution in [2.24, 2.45) is 5.10 Å². The van der Waals surface area contributed by atoms with Crippen LogP contribution in [0.5, 0.6) is 17.2 Å². The first kappa shape index (κ1) is 23.5. The molecule has 0 aliphatic rings. The number of nitrogens with one attached hydrogen (secondary N) is 2. The van der Waals surface area contributed by atoms with Crippen molar-refractivity contribution in [3.05, 3.63) is 90.0 Å². The van der Waals surface area contributed by atoms with Gasteiger partial charge in [-0.2, -0.15) is 5.10 Å². The maximum atomic E-state index is 12.2. The van der Waals surface area contributed by atoms with E-state index in [4.69, 9.17) is 9.47 Å². The first-order valence-electron chi connectivity index (χ1n) is 10.8. The van der Waals surface area contributed by atoms with Gasteiger partial charge < -0.3 is 14.8 Å².